The Morgan fingerprint density at radius 2 is 1.77 bits per heavy atom. The van der Waals surface area contributed by atoms with Gasteiger partial charge in [0.05, 0.1) is 13.1 Å². The Morgan fingerprint density at radius 1 is 1.07 bits per heavy atom. The molecule has 0 fully saturated rings. The third kappa shape index (κ3) is 9.87. The van der Waals surface area contributed by atoms with Gasteiger partial charge in [-0.15, -0.1) is 0 Å². The van der Waals surface area contributed by atoms with E-state index in [1.54, 1.807) is 12.0 Å². The van der Waals surface area contributed by atoms with E-state index in [4.69, 9.17) is 4.74 Å². The number of amides is 3. The summed E-state index contributed by atoms with van der Waals surface area (Å²) in [5.74, 6) is -0.726. The van der Waals surface area contributed by atoms with Gasteiger partial charge in [0.15, 0.2) is 0 Å². The zero-order valence-electron chi connectivity index (χ0n) is 18.8. The van der Waals surface area contributed by atoms with Gasteiger partial charge in [0.25, 0.3) is 0 Å². The summed E-state index contributed by atoms with van der Waals surface area (Å²) in [6, 6.07) is 7.43. The van der Waals surface area contributed by atoms with Gasteiger partial charge in [0.2, 0.25) is 17.7 Å². The molecule has 1 atom stereocenters. The standard InChI is InChI=1S/C23H37N3O4/c1-5-7-9-19(6-2)23(29)26(14-8-15-30-4)17-22(28)24-16-21(27)25-20-12-10-18(3)11-13-20/h10-13,19H,5-9,14-17H2,1-4H3,(H,24,28)(H,25,27)/t19-/m0/s1. The smallest absolute Gasteiger partial charge is 0.243 e. The van der Waals surface area contributed by atoms with Crippen molar-refractivity contribution in [2.75, 3.05) is 38.7 Å². The van der Waals surface area contributed by atoms with Crippen molar-refractivity contribution < 1.29 is 19.1 Å². The van der Waals surface area contributed by atoms with E-state index in [2.05, 4.69) is 17.6 Å². The predicted octanol–water partition coefficient (Wildman–Crippen LogP) is 3.13. The van der Waals surface area contributed by atoms with E-state index in [1.165, 1.54) is 0 Å². The van der Waals surface area contributed by atoms with E-state index >= 15 is 0 Å². The van der Waals surface area contributed by atoms with Crippen LogP contribution in [0.3, 0.4) is 0 Å². The summed E-state index contributed by atoms with van der Waals surface area (Å²) >= 11 is 0. The van der Waals surface area contributed by atoms with Crippen LogP contribution >= 0.6 is 0 Å². The zero-order chi connectivity index (χ0) is 22.4. The molecule has 3 amide bonds. The van der Waals surface area contributed by atoms with Crippen LogP contribution in [0.5, 0.6) is 0 Å². The summed E-state index contributed by atoms with van der Waals surface area (Å²) in [6.45, 7) is 6.86. The van der Waals surface area contributed by atoms with Crippen LogP contribution in [0.25, 0.3) is 0 Å². The number of anilines is 1. The summed E-state index contributed by atoms with van der Waals surface area (Å²) in [6.07, 6.45) is 4.26. The highest BCUT2D eigenvalue weighted by Crippen LogP contribution is 2.16. The summed E-state index contributed by atoms with van der Waals surface area (Å²) in [5.41, 5.74) is 1.78. The minimum atomic E-state index is -0.342. The highest BCUT2D eigenvalue weighted by Gasteiger charge is 2.24. The van der Waals surface area contributed by atoms with Crippen LogP contribution in [0.2, 0.25) is 0 Å². The van der Waals surface area contributed by atoms with Crippen LogP contribution in [0.1, 0.15) is 51.5 Å². The molecule has 1 aromatic rings. The second kappa shape index (κ2) is 14.6. The SMILES string of the molecule is CCCC[C@H](CC)C(=O)N(CCCOC)CC(=O)NCC(=O)Nc1ccc(C)cc1. The second-order valence-electron chi connectivity index (χ2n) is 7.54. The third-order valence-electron chi connectivity index (χ3n) is 4.95. The van der Waals surface area contributed by atoms with Crippen LogP contribution in [0, 0.1) is 12.8 Å². The molecule has 0 aliphatic rings. The van der Waals surface area contributed by atoms with Crippen LogP contribution in [-0.2, 0) is 19.1 Å². The van der Waals surface area contributed by atoms with Crippen LogP contribution in [0.15, 0.2) is 24.3 Å². The number of aryl methyl sites for hydroxylation is 1. The Kier molecular flexibility index (Phi) is 12.4. The number of ether oxygens (including phenoxy) is 1. The van der Waals surface area contributed by atoms with Gasteiger partial charge in [0, 0.05) is 31.9 Å². The Labute approximate surface area is 180 Å². The largest absolute Gasteiger partial charge is 0.385 e. The van der Waals surface area contributed by atoms with Crippen LogP contribution in [0.4, 0.5) is 5.69 Å². The van der Waals surface area contributed by atoms with Gasteiger partial charge in [-0.05, 0) is 38.3 Å². The fourth-order valence-corrected chi connectivity index (χ4v) is 3.13. The van der Waals surface area contributed by atoms with Crippen molar-refractivity contribution in [2.24, 2.45) is 5.92 Å². The summed E-state index contributed by atoms with van der Waals surface area (Å²) in [4.78, 5) is 39.0. The maximum absolute atomic E-state index is 12.9. The van der Waals surface area contributed by atoms with Crippen molar-refractivity contribution in [3.63, 3.8) is 0 Å². The third-order valence-corrected chi connectivity index (χ3v) is 4.95. The zero-order valence-corrected chi connectivity index (χ0v) is 18.8. The first-order valence-corrected chi connectivity index (χ1v) is 10.8. The number of carbonyl (C=O) groups excluding carboxylic acids is 3. The Morgan fingerprint density at radius 3 is 2.37 bits per heavy atom. The topological polar surface area (TPSA) is 87.7 Å². The molecule has 0 aliphatic carbocycles. The second-order valence-corrected chi connectivity index (χ2v) is 7.54. The molecule has 0 saturated heterocycles. The van der Waals surface area contributed by atoms with Crippen molar-refractivity contribution in [2.45, 2.75) is 52.9 Å². The molecule has 30 heavy (non-hydrogen) atoms. The van der Waals surface area contributed by atoms with Crippen molar-refractivity contribution in [3.8, 4) is 0 Å². The molecular formula is C23H37N3O4. The minimum absolute atomic E-state index is 0.00121. The fourth-order valence-electron chi connectivity index (χ4n) is 3.13. The van der Waals surface area contributed by atoms with Crippen molar-refractivity contribution in [1.29, 1.82) is 0 Å². The van der Waals surface area contributed by atoms with E-state index in [0.717, 1.165) is 31.2 Å². The molecule has 1 rings (SSSR count). The summed E-state index contributed by atoms with van der Waals surface area (Å²) in [7, 11) is 1.61. The van der Waals surface area contributed by atoms with Gasteiger partial charge in [-0.2, -0.15) is 0 Å². The number of hydrogen-bond acceptors (Lipinski definition) is 4. The summed E-state index contributed by atoms with van der Waals surface area (Å²) < 4.78 is 5.08. The molecule has 0 aliphatic heterocycles. The maximum Gasteiger partial charge on any atom is 0.243 e. The molecule has 1 aromatic carbocycles. The maximum atomic E-state index is 12.9. The molecule has 0 radical (unpaired) electrons. The molecule has 0 spiro atoms. The average Bonchev–Trinajstić information content (AvgIpc) is 2.73. The quantitative estimate of drug-likeness (QED) is 0.454. The van der Waals surface area contributed by atoms with Crippen LogP contribution < -0.4 is 10.6 Å². The number of rotatable bonds is 14. The predicted molar refractivity (Wildman–Crippen MR) is 119 cm³/mol. The van der Waals surface area contributed by atoms with Crippen molar-refractivity contribution in [3.05, 3.63) is 29.8 Å². The summed E-state index contributed by atoms with van der Waals surface area (Å²) in [5, 5.41) is 5.36. The highest BCUT2D eigenvalue weighted by atomic mass is 16.5. The van der Waals surface area contributed by atoms with Gasteiger partial charge < -0.3 is 20.3 Å². The first-order valence-electron chi connectivity index (χ1n) is 10.8. The number of methoxy groups -OCH3 is 1. The van der Waals surface area contributed by atoms with E-state index in [0.29, 0.717) is 25.3 Å². The monoisotopic (exact) mass is 419 g/mol. The van der Waals surface area contributed by atoms with Crippen LogP contribution in [-0.4, -0.2) is 56.0 Å². The normalized spacial score (nSPS) is 11.6. The highest BCUT2D eigenvalue weighted by molar-refractivity contribution is 5.95. The molecule has 0 heterocycles. The van der Waals surface area contributed by atoms with E-state index in [-0.39, 0.29) is 36.7 Å². The number of unbranched alkanes of at least 4 members (excludes halogenated alkanes) is 1. The first kappa shape index (κ1) is 25.6. The molecule has 0 aromatic heterocycles. The van der Waals surface area contributed by atoms with Gasteiger partial charge in [-0.25, -0.2) is 0 Å². The molecule has 7 nitrogen and oxygen atoms in total. The fraction of sp³-hybridized carbons (Fsp3) is 0.609. The lowest BCUT2D eigenvalue weighted by Crippen LogP contribution is -2.45. The average molecular weight is 420 g/mol. The number of nitrogens with zero attached hydrogens (tertiary/aromatic N) is 1. The van der Waals surface area contributed by atoms with Gasteiger partial charge in [-0.1, -0.05) is 44.4 Å². The number of benzene rings is 1. The van der Waals surface area contributed by atoms with E-state index in [1.807, 2.05) is 38.1 Å². The Bertz CT molecular complexity index is 661. The number of hydrogen-bond donors (Lipinski definition) is 2. The molecule has 0 bridgehead atoms. The van der Waals surface area contributed by atoms with Gasteiger partial charge in [0.1, 0.15) is 0 Å². The van der Waals surface area contributed by atoms with Gasteiger partial charge in [-0.3, -0.25) is 14.4 Å². The first-order chi connectivity index (χ1) is 14.4. The Balaban J connectivity index is 2.59. The molecular weight excluding hydrogens is 382 g/mol. The molecule has 2 N–H and O–H groups in total. The van der Waals surface area contributed by atoms with E-state index < -0.39 is 0 Å². The molecule has 0 saturated carbocycles. The van der Waals surface area contributed by atoms with Crippen molar-refractivity contribution in [1.82, 2.24) is 10.2 Å². The van der Waals surface area contributed by atoms with Crippen molar-refractivity contribution >= 4 is 23.4 Å². The lowest BCUT2D eigenvalue weighted by Gasteiger charge is -2.26. The molecule has 168 valence electrons. The minimum Gasteiger partial charge on any atom is -0.385 e. The number of nitrogens with one attached hydrogen (secondary N) is 2. The number of carbonyl (C=O) groups is 3. The van der Waals surface area contributed by atoms with Gasteiger partial charge >= 0.3 is 0 Å². The Hall–Kier alpha value is -2.41. The lowest BCUT2D eigenvalue weighted by atomic mass is 9.97. The van der Waals surface area contributed by atoms with E-state index in [9.17, 15) is 14.4 Å². The molecule has 7 heteroatoms. The lowest BCUT2D eigenvalue weighted by molar-refractivity contribution is -0.140. The molecule has 0 unspecified atom stereocenters.